The summed E-state index contributed by atoms with van der Waals surface area (Å²) in [4.78, 5) is 14.4. The molecule has 2 nitrogen and oxygen atoms in total. The first-order valence-corrected chi connectivity index (χ1v) is 8.31. The monoisotopic (exact) mass is 279 g/mol. The Morgan fingerprint density at radius 3 is 3.00 bits per heavy atom. The van der Waals surface area contributed by atoms with Gasteiger partial charge in [0.05, 0.1) is 4.88 Å². The number of rotatable bonds is 5. The van der Waals surface area contributed by atoms with Crippen molar-refractivity contribution >= 4 is 17.2 Å². The molecule has 1 heterocycles. The fourth-order valence-electron chi connectivity index (χ4n) is 2.62. The highest BCUT2D eigenvalue weighted by Gasteiger charge is 2.21. The maximum Gasteiger partial charge on any atom is 0.261 e. The topological polar surface area (TPSA) is 29.1 Å². The fourth-order valence-corrected chi connectivity index (χ4v) is 3.75. The molecule has 0 aliphatic heterocycles. The molecule has 0 aromatic carbocycles. The number of aryl methyl sites for hydroxylation is 1. The molecule has 1 aliphatic rings. The molecule has 0 saturated carbocycles. The molecule has 0 fully saturated rings. The van der Waals surface area contributed by atoms with Crippen molar-refractivity contribution in [2.75, 3.05) is 6.54 Å². The van der Waals surface area contributed by atoms with Crippen molar-refractivity contribution in [3.05, 3.63) is 21.4 Å². The summed E-state index contributed by atoms with van der Waals surface area (Å²) in [6.07, 6.45) is 5.93. The molecular formula is C16H25NOS. The minimum Gasteiger partial charge on any atom is -0.351 e. The van der Waals surface area contributed by atoms with Gasteiger partial charge in [-0.05, 0) is 49.1 Å². The van der Waals surface area contributed by atoms with Gasteiger partial charge in [0.15, 0.2) is 0 Å². The molecule has 1 aromatic rings. The smallest absolute Gasteiger partial charge is 0.261 e. The quantitative estimate of drug-likeness (QED) is 0.866. The first-order valence-electron chi connectivity index (χ1n) is 7.50. The largest absolute Gasteiger partial charge is 0.351 e. The van der Waals surface area contributed by atoms with Gasteiger partial charge in [0.2, 0.25) is 0 Å². The molecule has 19 heavy (non-hydrogen) atoms. The fraction of sp³-hybridized carbons (Fsp3) is 0.688. The van der Waals surface area contributed by atoms with Crippen LogP contribution in [-0.2, 0) is 12.8 Å². The van der Waals surface area contributed by atoms with E-state index >= 15 is 0 Å². The van der Waals surface area contributed by atoms with Gasteiger partial charge in [-0.2, -0.15) is 0 Å². The van der Waals surface area contributed by atoms with Gasteiger partial charge in [0.25, 0.3) is 5.91 Å². The lowest BCUT2D eigenvalue weighted by atomic mass is 9.87. The average Bonchev–Trinajstić information content (AvgIpc) is 2.80. The highest BCUT2D eigenvalue weighted by molar-refractivity contribution is 7.14. The van der Waals surface area contributed by atoms with Crippen LogP contribution in [0.1, 0.15) is 60.1 Å². The Morgan fingerprint density at radius 2 is 2.32 bits per heavy atom. The predicted octanol–water partition coefficient (Wildman–Crippen LogP) is 4.04. The summed E-state index contributed by atoms with van der Waals surface area (Å²) in [5.41, 5.74) is 1.43. The number of thiophene rings is 1. The molecule has 2 rings (SSSR count). The van der Waals surface area contributed by atoms with Gasteiger partial charge in [0.1, 0.15) is 0 Å². The molecule has 0 radical (unpaired) electrons. The summed E-state index contributed by atoms with van der Waals surface area (Å²) < 4.78 is 0. The summed E-state index contributed by atoms with van der Waals surface area (Å²) in [5, 5.41) is 3.04. The van der Waals surface area contributed by atoms with Crippen molar-refractivity contribution in [2.45, 2.75) is 52.9 Å². The van der Waals surface area contributed by atoms with Crippen LogP contribution in [0.25, 0.3) is 0 Å². The Labute approximate surface area is 120 Å². The van der Waals surface area contributed by atoms with Crippen molar-refractivity contribution in [1.82, 2.24) is 5.32 Å². The van der Waals surface area contributed by atoms with E-state index in [2.05, 4.69) is 32.2 Å². The molecule has 0 spiro atoms. The van der Waals surface area contributed by atoms with Crippen LogP contribution in [0.3, 0.4) is 0 Å². The predicted molar refractivity (Wildman–Crippen MR) is 81.9 cm³/mol. The third kappa shape index (κ3) is 3.82. The normalized spacial score (nSPS) is 18.4. The van der Waals surface area contributed by atoms with Crippen LogP contribution < -0.4 is 5.32 Å². The number of amides is 1. The Hall–Kier alpha value is -0.830. The van der Waals surface area contributed by atoms with E-state index in [4.69, 9.17) is 0 Å². The third-order valence-electron chi connectivity index (χ3n) is 3.99. The Balaban J connectivity index is 1.95. The van der Waals surface area contributed by atoms with Crippen molar-refractivity contribution in [3.63, 3.8) is 0 Å². The van der Waals surface area contributed by atoms with E-state index < -0.39 is 0 Å². The van der Waals surface area contributed by atoms with Gasteiger partial charge < -0.3 is 5.32 Å². The second-order valence-corrected chi connectivity index (χ2v) is 7.15. The van der Waals surface area contributed by atoms with Crippen LogP contribution in [0.15, 0.2) is 6.07 Å². The van der Waals surface area contributed by atoms with Crippen molar-refractivity contribution in [3.8, 4) is 0 Å². The second kappa shape index (κ2) is 6.56. The zero-order valence-electron chi connectivity index (χ0n) is 12.3. The van der Waals surface area contributed by atoms with E-state index in [9.17, 15) is 4.79 Å². The highest BCUT2D eigenvalue weighted by atomic mass is 32.1. The molecule has 1 aliphatic carbocycles. The lowest BCUT2D eigenvalue weighted by molar-refractivity contribution is 0.0956. The van der Waals surface area contributed by atoms with Gasteiger partial charge in [-0.25, -0.2) is 0 Å². The second-order valence-electron chi connectivity index (χ2n) is 6.01. The Bertz CT molecular complexity index is 436. The molecule has 0 saturated heterocycles. The van der Waals surface area contributed by atoms with Gasteiger partial charge in [-0.15, -0.1) is 11.3 Å². The first-order chi connectivity index (χ1) is 9.10. The summed E-state index contributed by atoms with van der Waals surface area (Å²) >= 11 is 1.70. The Morgan fingerprint density at radius 1 is 1.53 bits per heavy atom. The van der Waals surface area contributed by atoms with Crippen molar-refractivity contribution in [1.29, 1.82) is 0 Å². The SMILES string of the molecule is CC[C@H]1CCc2sc(C(=O)NCCC(C)C)cc2C1. The lowest BCUT2D eigenvalue weighted by Crippen LogP contribution is -2.24. The summed E-state index contributed by atoms with van der Waals surface area (Å²) in [5.74, 6) is 1.58. The minimum absolute atomic E-state index is 0.119. The molecule has 0 bridgehead atoms. The van der Waals surface area contributed by atoms with Crippen LogP contribution in [0, 0.1) is 11.8 Å². The van der Waals surface area contributed by atoms with E-state index in [1.54, 1.807) is 11.3 Å². The summed E-state index contributed by atoms with van der Waals surface area (Å²) in [6, 6.07) is 2.13. The number of carbonyl (C=O) groups excluding carboxylic acids is 1. The first kappa shape index (κ1) is 14.6. The molecule has 1 aromatic heterocycles. The number of hydrogen-bond donors (Lipinski definition) is 1. The molecule has 106 valence electrons. The van der Waals surface area contributed by atoms with Gasteiger partial charge in [0, 0.05) is 11.4 Å². The van der Waals surface area contributed by atoms with Gasteiger partial charge >= 0.3 is 0 Å². The standard InChI is InChI=1S/C16H25NOS/c1-4-12-5-6-14-13(9-12)10-15(19-14)16(18)17-8-7-11(2)3/h10-12H,4-9H2,1-3H3,(H,17,18)/t12-/m0/s1. The zero-order valence-corrected chi connectivity index (χ0v) is 13.1. The van der Waals surface area contributed by atoms with Crippen molar-refractivity contribution < 1.29 is 4.79 Å². The number of hydrogen-bond acceptors (Lipinski definition) is 2. The highest BCUT2D eigenvalue weighted by Crippen LogP contribution is 2.33. The number of nitrogens with one attached hydrogen (secondary N) is 1. The van der Waals surface area contributed by atoms with Crippen LogP contribution in [-0.4, -0.2) is 12.5 Å². The zero-order chi connectivity index (χ0) is 13.8. The van der Waals surface area contributed by atoms with Crippen LogP contribution in [0.2, 0.25) is 0 Å². The number of carbonyl (C=O) groups is 1. The molecule has 1 N–H and O–H groups in total. The number of fused-ring (bicyclic) bond motifs is 1. The van der Waals surface area contributed by atoms with E-state index in [1.165, 1.54) is 29.7 Å². The van der Waals surface area contributed by atoms with Gasteiger partial charge in [-0.1, -0.05) is 27.2 Å². The van der Waals surface area contributed by atoms with Gasteiger partial charge in [-0.3, -0.25) is 4.79 Å². The summed E-state index contributed by atoms with van der Waals surface area (Å²) in [6.45, 7) is 7.42. The van der Waals surface area contributed by atoms with Crippen LogP contribution >= 0.6 is 11.3 Å². The maximum atomic E-state index is 12.1. The van der Waals surface area contributed by atoms with Crippen LogP contribution in [0.4, 0.5) is 0 Å². The molecule has 1 amide bonds. The lowest BCUT2D eigenvalue weighted by Gasteiger charge is -2.19. The van der Waals surface area contributed by atoms with E-state index in [0.717, 1.165) is 30.2 Å². The maximum absolute atomic E-state index is 12.1. The Kier molecular flexibility index (Phi) is 5.03. The van der Waals surface area contributed by atoms with Crippen LogP contribution in [0.5, 0.6) is 0 Å². The third-order valence-corrected chi connectivity index (χ3v) is 5.23. The van der Waals surface area contributed by atoms with E-state index in [1.807, 2.05) is 0 Å². The molecule has 0 unspecified atom stereocenters. The summed E-state index contributed by atoms with van der Waals surface area (Å²) in [7, 11) is 0. The molecule has 1 atom stereocenters. The van der Waals surface area contributed by atoms with E-state index in [0.29, 0.717) is 5.92 Å². The minimum atomic E-state index is 0.119. The molecular weight excluding hydrogens is 254 g/mol. The molecule has 3 heteroatoms. The van der Waals surface area contributed by atoms with E-state index in [-0.39, 0.29) is 5.91 Å². The van der Waals surface area contributed by atoms with Crippen molar-refractivity contribution in [2.24, 2.45) is 11.8 Å². The average molecular weight is 279 g/mol.